The van der Waals surface area contributed by atoms with E-state index in [0.29, 0.717) is 10.0 Å². The first-order valence-corrected chi connectivity index (χ1v) is 8.44. The molecule has 3 heteroatoms. The zero-order valence-corrected chi connectivity index (χ0v) is 13.0. The Kier molecular flexibility index (Phi) is 3.11. The summed E-state index contributed by atoms with van der Waals surface area (Å²) in [5.74, 6) is 2.48. The minimum absolute atomic E-state index is 0.0586. The number of aliphatic hydroxyl groups excluding tert-OH is 1. The summed E-state index contributed by atoms with van der Waals surface area (Å²) in [5, 5.41) is 12.4. The van der Waals surface area contributed by atoms with E-state index in [-0.39, 0.29) is 5.41 Å². The van der Waals surface area contributed by atoms with Gasteiger partial charge in [0.2, 0.25) is 0 Å². The molecule has 0 spiro atoms. The summed E-state index contributed by atoms with van der Waals surface area (Å²) < 4.78 is 0. The molecule has 1 atom stereocenters. The lowest BCUT2D eigenvalue weighted by molar-refractivity contribution is -0.122. The fourth-order valence-corrected chi connectivity index (χ4v) is 5.97. The van der Waals surface area contributed by atoms with Crippen molar-refractivity contribution < 1.29 is 5.11 Å². The Hall–Kier alpha value is -0.240. The minimum Gasteiger partial charge on any atom is -0.388 e. The van der Waals surface area contributed by atoms with Gasteiger partial charge in [-0.1, -0.05) is 23.2 Å². The first kappa shape index (κ1) is 13.4. The van der Waals surface area contributed by atoms with E-state index in [2.05, 4.69) is 0 Å². The molecule has 4 aliphatic carbocycles. The van der Waals surface area contributed by atoms with Crippen molar-refractivity contribution in [2.45, 2.75) is 44.6 Å². The fraction of sp³-hybridized carbons (Fsp3) is 0.647. The smallest absolute Gasteiger partial charge is 0.0861 e. The van der Waals surface area contributed by atoms with Crippen molar-refractivity contribution in [2.75, 3.05) is 0 Å². The molecule has 0 aromatic heterocycles. The summed E-state index contributed by atoms with van der Waals surface area (Å²) in [6.07, 6.45) is 7.21. The van der Waals surface area contributed by atoms with Crippen molar-refractivity contribution in [1.29, 1.82) is 0 Å². The summed E-state index contributed by atoms with van der Waals surface area (Å²) in [4.78, 5) is 0. The van der Waals surface area contributed by atoms with Crippen LogP contribution in [0.1, 0.15) is 50.2 Å². The van der Waals surface area contributed by atoms with Crippen LogP contribution in [0.5, 0.6) is 0 Å². The molecule has 4 saturated carbocycles. The zero-order chi connectivity index (χ0) is 13.9. The number of benzene rings is 1. The second-order valence-electron chi connectivity index (χ2n) is 7.35. The van der Waals surface area contributed by atoms with Crippen molar-refractivity contribution in [3.63, 3.8) is 0 Å². The summed E-state index contributed by atoms with van der Waals surface area (Å²) in [6, 6.07) is 5.45. The average molecular weight is 311 g/mol. The normalized spacial score (nSPS) is 40.0. The van der Waals surface area contributed by atoms with Gasteiger partial charge >= 0.3 is 0 Å². The molecule has 4 bridgehead atoms. The molecule has 1 nitrogen and oxygen atoms in total. The van der Waals surface area contributed by atoms with Crippen LogP contribution in [0, 0.1) is 23.2 Å². The Labute approximate surface area is 130 Å². The molecular formula is C17H20Cl2O. The molecule has 4 fully saturated rings. The fourth-order valence-electron chi connectivity index (χ4n) is 5.57. The van der Waals surface area contributed by atoms with E-state index in [1.807, 2.05) is 12.1 Å². The Morgan fingerprint density at radius 2 is 1.55 bits per heavy atom. The monoisotopic (exact) mass is 310 g/mol. The maximum Gasteiger partial charge on any atom is 0.0861 e. The van der Waals surface area contributed by atoms with Gasteiger partial charge in [-0.25, -0.2) is 0 Å². The van der Waals surface area contributed by atoms with Crippen molar-refractivity contribution >= 4 is 23.2 Å². The third-order valence-corrected chi connectivity index (χ3v) is 6.50. The molecule has 4 aliphatic rings. The molecule has 20 heavy (non-hydrogen) atoms. The molecule has 0 heterocycles. The van der Waals surface area contributed by atoms with Gasteiger partial charge in [0.1, 0.15) is 0 Å². The van der Waals surface area contributed by atoms with Crippen LogP contribution in [0.15, 0.2) is 18.2 Å². The van der Waals surface area contributed by atoms with E-state index in [9.17, 15) is 5.11 Å². The highest BCUT2D eigenvalue weighted by atomic mass is 35.5. The van der Waals surface area contributed by atoms with Gasteiger partial charge in [-0.05, 0) is 74.5 Å². The van der Waals surface area contributed by atoms with E-state index in [1.54, 1.807) is 6.07 Å². The number of hydrogen-bond acceptors (Lipinski definition) is 1. The lowest BCUT2D eigenvalue weighted by atomic mass is 9.47. The Morgan fingerprint density at radius 3 is 2.10 bits per heavy atom. The number of aliphatic hydroxyl groups is 1. The molecule has 1 unspecified atom stereocenters. The molecule has 0 aliphatic heterocycles. The van der Waals surface area contributed by atoms with E-state index < -0.39 is 6.10 Å². The summed E-state index contributed by atoms with van der Waals surface area (Å²) in [7, 11) is 0. The first-order valence-electron chi connectivity index (χ1n) is 7.69. The van der Waals surface area contributed by atoms with Crippen molar-refractivity contribution in [2.24, 2.45) is 23.2 Å². The topological polar surface area (TPSA) is 20.2 Å². The molecule has 0 radical (unpaired) electrons. The van der Waals surface area contributed by atoms with Gasteiger partial charge in [-0.15, -0.1) is 0 Å². The standard InChI is InChI=1S/C17H20Cl2O/c18-13-1-2-15(19)14(6-13)16(20)17-7-10-3-11(8-17)5-12(4-10)9-17/h1-2,6,10-12,16,20H,3-5,7-9H2. The molecule has 0 amide bonds. The van der Waals surface area contributed by atoms with Crippen LogP contribution in [-0.4, -0.2) is 5.11 Å². The lowest BCUT2D eigenvalue weighted by Crippen LogP contribution is -2.48. The van der Waals surface area contributed by atoms with Gasteiger partial charge < -0.3 is 5.11 Å². The van der Waals surface area contributed by atoms with Gasteiger partial charge in [0.15, 0.2) is 0 Å². The van der Waals surface area contributed by atoms with Gasteiger partial charge in [-0.3, -0.25) is 0 Å². The van der Waals surface area contributed by atoms with Crippen LogP contribution in [0.4, 0.5) is 0 Å². The summed E-state index contributed by atoms with van der Waals surface area (Å²) >= 11 is 12.4. The Bertz CT molecular complexity index is 505. The van der Waals surface area contributed by atoms with Gasteiger partial charge in [0.25, 0.3) is 0 Å². The highest BCUT2D eigenvalue weighted by Crippen LogP contribution is 2.64. The molecule has 1 N–H and O–H groups in total. The second kappa shape index (κ2) is 4.63. The third-order valence-electron chi connectivity index (χ3n) is 5.92. The number of hydrogen-bond donors (Lipinski definition) is 1. The zero-order valence-electron chi connectivity index (χ0n) is 11.5. The predicted molar refractivity (Wildman–Crippen MR) is 82.0 cm³/mol. The maximum absolute atomic E-state index is 11.0. The van der Waals surface area contributed by atoms with Crippen molar-refractivity contribution in [1.82, 2.24) is 0 Å². The van der Waals surface area contributed by atoms with Gasteiger partial charge in [0.05, 0.1) is 6.10 Å². The van der Waals surface area contributed by atoms with Crippen LogP contribution in [0.25, 0.3) is 0 Å². The van der Waals surface area contributed by atoms with Crippen LogP contribution in [-0.2, 0) is 0 Å². The SMILES string of the molecule is OC(c1cc(Cl)ccc1Cl)C12CC3CC(CC(C3)C1)C2. The molecule has 1 aromatic rings. The van der Waals surface area contributed by atoms with E-state index >= 15 is 0 Å². The van der Waals surface area contributed by atoms with E-state index in [0.717, 1.165) is 23.3 Å². The van der Waals surface area contributed by atoms with Gasteiger partial charge in [-0.2, -0.15) is 0 Å². The maximum atomic E-state index is 11.0. The Balaban J connectivity index is 1.71. The van der Waals surface area contributed by atoms with Gasteiger partial charge in [0, 0.05) is 21.0 Å². The number of rotatable bonds is 2. The minimum atomic E-state index is -0.456. The van der Waals surface area contributed by atoms with Crippen LogP contribution in [0.3, 0.4) is 0 Å². The molecule has 5 rings (SSSR count). The van der Waals surface area contributed by atoms with Crippen LogP contribution < -0.4 is 0 Å². The largest absolute Gasteiger partial charge is 0.388 e. The van der Waals surface area contributed by atoms with Crippen LogP contribution in [0.2, 0.25) is 10.0 Å². The number of halogens is 2. The average Bonchev–Trinajstić information content (AvgIpc) is 2.39. The highest BCUT2D eigenvalue weighted by Gasteiger charge is 2.54. The van der Waals surface area contributed by atoms with E-state index in [4.69, 9.17) is 23.2 Å². The summed E-state index contributed by atoms with van der Waals surface area (Å²) in [6.45, 7) is 0. The lowest BCUT2D eigenvalue weighted by Gasteiger charge is -2.58. The summed E-state index contributed by atoms with van der Waals surface area (Å²) in [5.41, 5.74) is 0.893. The third kappa shape index (κ3) is 2.01. The Morgan fingerprint density at radius 1 is 1.00 bits per heavy atom. The highest BCUT2D eigenvalue weighted by molar-refractivity contribution is 6.33. The predicted octanol–water partition coefficient (Wildman–Crippen LogP) is 5.24. The van der Waals surface area contributed by atoms with E-state index in [1.165, 1.54) is 38.5 Å². The molecule has 108 valence electrons. The van der Waals surface area contributed by atoms with Crippen molar-refractivity contribution in [3.05, 3.63) is 33.8 Å². The van der Waals surface area contributed by atoms with Crippen molar-refractivity contribution in [3.8, 4) is 0 Å². The first-order chi connectivity index (χ1) is 9.56. The second-order valence-corrected chi connectivity index (χ2v) is 8.19. The molecule has 1 aromatic carbocycles. The molecular weight excluding hydrogens is 291 g/mol. The quantitative estimate of drug-likeness (QED) is 0.791. The van der Waals surface area contributed by atoms with Crippen LogP contribution >= 0.6 is 23.2 Å². The molecule has 0 saturated heterocycles.